The predicted octanol–water partition coefficient (Wildman–Crippen LogP) is 2.42. The first-order chi connectivity index (χ1) is 7.54. The van der Waals surface area contributed by atoms with Gasteiger partial charge in [0.25, 0.3) is 5.69 Å². The zero-order valence-electron chi connectivity index (χ0n) is 9.06. The number of carbonyl (C=O) groups is 1. The lowest BCUT2D eigenvalue weighted by Gasteiger charge is -2.04. The number of rotatable bonds is 3. The number of hydrogen-bond acceptors (Lipinski definition) is 3. The highest BCUT2D eigenvalue weighted by Crippen LogP contribution is 2.25. The van der Waals surface area contributed by atoms with Crippen molar-refractivity contribution >= 4 is 17.3 Å². The van der Waals surface area contributed by atoms with Crippen LogP contribution in [0, 0.1) is 17.0 Å². The molecular weight excluding hydrogens is 208 g/mol. The first-order valence-electron chi connectivity index (χ1n) is 4.73. The van der Waals surface area contributed by atoms with Gasteiger partial charge in [0.15, 0.2) is 0 Å². The summed E-state index contributed by atoms with van der Waals surface area (Å²) in [6.07, 6.45) is 2.88. The number of nitro benzene ring substituents is 1. The van der Waals surface area contributed by atoms with Crippen molar-refractivity contribution in [2.45, 2.75) is 13.8 Å². The summed E-state index contributed by atoms with van der Waals surface area (Å²) in [5.41, 5.74) is 0.956. The summed E-state index contributed by atoms with van der Waals surface area (Å²) in [5.74, 6) is -0.379. The Morgan fingerprint density at radius 2 is 2.19 bits per heavy atom. The van der Waals surface area contributed by atoms with Crippen LogP contribution in [0.3, 0.4) is 0 Å². The number of anilines is 1. The Labute approximate surface area is 92.9 Å². The fraction of sp³-hybridized carbons (Fsp3) is 0.182. The molecule has 0 saturated heterocycles. The van der Waals surface area contributed by atoms with Gasteiger partial charge in [0.1, 0.15) is 5.69 Å². The quantitative estimate of drug-likeness (QED) is 0.483. The van der Waals surface area contributed by atoms with Crippen molar-refractivity contribution < 1.29 is 9.72 Å². The summed E-state index contributed by atoms with van der Waals surface area (Å²) in [7, 11) is 0. The molecule has 84 valence electrons. The van der Waals surface area contributed by atoms with Crippen LogP contribution in [0.1, 0.15) is 12.5 Å². The third-order valence-corrected chi connectivity index (χ3v) is 1.92. The van der Waals surface area contributed by atoms with Crippen LogP contribution in [0.15, 0.2) is 30.4 Å². The minimum atomic E-state index is -0.523. The van der Waals surface area contributed by atoms with Gasteiger partial charge < -0.3 is 5.32 Å². The van der Waals surface area contributed by atoms with Crippen molar-refractivity contribution in [1.82, 2.24) is 0 Å². The van der Waals surface area contributed by atoms with Gasteiger partial charge in [-0.3, -0.25) is 14.9 Å². The molecule has 0 fully saturated rings. The normalized spacial score (nSPS) is 10.4. The average molecular weight is 220 g/mol. The van der Waals surface area contributed by atoms with Crippen molar-refractivity contribution in [2.24, 2.45) is 0 Å². The van der Waals surface area contributed by atoms with Crippen LogP contribution in [-0.2, 0) is 4.79 Å². The fourth-order valence-corrected chi connectivity index (χ4v) is 1.23. The lowest BCUT2D eigenvalue weighted by atomic mass is 10.2. The molecule has 0 aliphatic heterocycles. The summed E-state index contributed by atoms with van der Waals surface area (Å²) >= 11 is 0. The largest absolute Gasteiger partial charge is 0.317 e. The maximum atomic E-state index is 11.3. The van der Waals surface area contributed by atoms with E-state index in [1.807, 2.05) is 0 Å². The van der Waals surface area contributed by atoms with Crippen LogP contribution < -0.4 is 5.32 Å². The van der Waals surface area contributed by atoms with Gasteiger partial charge in [-0.05, 0) is 31.6 Å². The van der Waals surface area contributed by atoms with Crippen LogP contribution in [0.25, 0.3) is 0 Å². The van der Waals surface area contributed by atoms with Crippen LogP contribution in [0.2, 0.25) is 0 Å². The van der Waals surface area contributed by atoms with E-state index in [2.05, 4.69) is 5.32 Å². The topological polar surface area (TPSA) is 72.2 Å². The molecule has 0 spiro atoms. The SMILES string of the molecule is C/C=C/C(=O)Nc1cc(C)ccc1[N+](=O)[O-]. The number of nitro groups is 1. The second-order valence-corrected chi connectivity index (χ2v) is 3.27. The van der Waals surface area contributed by atoms with E-state index in [-0.39, 0.29) is 17.3 Å². The number of nitrogens with zero attached hydrogens (tertiary/aromatic N) is 1. The second kappa shape index (κ2) is 5.06. The van der Waals surface area contributed by atoms with Crippen LogP contribution in [-0.4, -0.2) is 10.8 Å². The molecule has 0 atom stereocenters. The molecule has 1 amide bonds. The van der Waals surface area contributed by atoms with Crippen LogP contribution in [0.4, 0.5) is 11.4 Å². The molecule has 0 aliphatic rings. The highest BCUT2D eigenvalue weighted by Gasteiger charge is 2.14. The van der Waals surface area contributed by atoms with E-state index >= 15 is 0 Å². The minimum absolute atomic E-state index is 0.108. The van der Waals surface area contributed by atoms with Crippen molar-refractivity contribution in [2.75, 3.05) is 5.32 Å². The second-order valence-electron chi connectivity index (χ2n) is 3.27. The standard InChI is InChI=1S/C11H12N2O3/c1-3-4-11(14)12-9-7-8(2)5-6-10(9)13(15)16/h3-7H,1-2H3,(H,12,14)/b4-3+. The highest BCUT2D eigenvalue weighted by molar-refractivity contribution is 6.00. The number of nitrogens with one attached hydrogen (secondary N) is 1. The van der Waals surface area contributed by atoms with Crippen LogP contribution >= 0.6 is 0 Å². The van der Waals surface area contributed by atoms with Gasteiger partial charge in [-0.1, -0.05) is 12.1 Å². The monoisotopic (exact) mass is 220 g/mol. The third-order valence-electron chi connectivity index (χ3n) is 1.92. The first kappa shape index (κ1) is 11.9. The summed E-state index contributed by atoms with van der Waals surface area (Å²) in [4.78, 5) is 21.5. The molecule has 1 N–H and O–H groups in total. The number of amides is 1. The predicted molar refractivity (Wildman–Crippen MR) is 61.3 cm³/mol. The van der Waals surface area contributed by atoms with Gasteiger partial charge in [0.05, 0.1) is 4.92 Å². The third kappa shape index (κ3) is 2.91. The maximum Gasteiger partial charge on any atom is 0.292 e. The van der Waals surface area contributed by atoms with E-state index in [1.54, 1.807) is 32.1 Å². The molecule has 0 aromatic heterocycles. The van der Waals surface area contributed by atoms with Gasteiger partial charge in [-0.15, -0.1) is 0 Å². The van der Waals surface area contributed by atoms with Crippen molar-refractivity contribution in [3.05, 3.63) is 46.0 Å². The van der Waals surface area contributed by atoms with Gasteiger partial charge in [0, 0.05) is 6.07 Å². The van der Waals surface area contributed by atoms with E-state index in [9.17, 15) is 14.9 Å². The number of carbonyl (C=O) groups excluding carboxylic acids is 1. The Morgan fingerprint density at radius 1 is 1.50 bits per heavy atom. The maximum absolute atomic E-state index is 11.3. The van der Waals surface area contributed by atoms with Crippen LogP contribution in [0.5, 0.6) is 0 Å². The fourth-order valence-electron chi connectivity index (χ4n) is 1.23. The molecule has 1 aromatic carbocycles. The molecule has 0 heterocycles. The lowest BCUT2D eigenvalue weighted by Crippen LogP contribution is -2.09. The van der Waals surface area contributed by atoms with E-state index in [4.69, 9.17) is 0 Å². The number of hydrogen-bond donors (Lipinski definition) is 1. The minimum Gasteiger partial charge on any atom is -0.317 e. The van der Waals surface area contributed by atoms with Crippen molar-refractivity contribution in [3.63, 3.8) is 0 Å². The highest BCUT2D eigenvalue weighted by atomic mass is 16.6. The van der Waals surface area contributed by atoms with Gasteiger partial charge >= 0.3 is 0 Å². The van der Waals surface area contributed by atoms with E-state index < -0.39 is 4.92 Å². The zero-order valence-corrected chi connectivity index (χ0v) is 9.06. The van der Waals surface area contributed by atoms with Gasteiger partial charge in [0.2, 0.25) is 5.91 Å². The van der Waals surface area contributed by atoms with E-state index in [0.29, 0.717) is 0 Å². The number of allylic oxidation sites excluding steroid dienone is 1. The first-order valence-corrected chi connectivity index (χ1v) is 4.73. The summed E-state index contributed by atoms with van der Waals surface area (Å²) in [5, 5.41) is 13.2. The molecule has 1 rings (SSSR count). The molecular formula is C11H12N2O3. The smallest absolute Gasteiger partial charge is 0.292 e. The molecule has 1 aromatic rings. The average Bonchev–Trinajstić information content (AvgIpc) is 2.17. The molecule has 0 bridgehead atoms. The Kier molecular flexibility index (Phi) is 3.77. The van der Waals surface area contributed by atoms with E-state index in [1.165, 1.54) is 12.1 Å². The molecule has 0 radical (unpaired) electrons. The van der Waals surface area contributed by atoms with Crippen molar-refractivity contribution in [3.8, 4) is 0 Å². The number of aryl methyl sites for hydroxylation is 1. The zero-order chi connectivity index (χ0) is 12.1. The summed E-state index contributed by atoms with van der Waals surface area (Å²) in [6, 6.07) is 4.57. The summed E-state index contributed by atoms with van der Waals surface area (Å²) in [6.45, 7) is 3.50. The number of benzene rings is 1. The Bertz CT molecular complexity index is 453. The van der Waals surface area contributed by atoms with Crippen molar-refractivity contribution in [1.29, 1.82) is 0 Å². The molecule has 0 aliphatic carbocycles. The van der Waals surface area contributed by atoms with E-state index in [0.717, 1.165) is 5.56 Å². The molecule has 0 unspecified atom stereocenters. The Morgan fingerprint density at radius 3 is 2.75 bits per heavy atom. The molecule has 0 saturated carbocycles. The van der Waals surface area contributed by atoms with Gasteiger partial charge in [-0.2, -0.15) is 0 Å². The lowest BCUT2D eigenvalue weighted by molar-refractivity contribution is -0.383. The molecule has 16 heavy (non-hydrogen) atoms. The molecule has 5 nitrogen and oxygen atoms in total. The van der Waals surface area contributed by atoms with Gasteiger partial charge in [-0.25, -0.2) is 0 Å². The Hall–Kier alpha value is -2.17. The summed E-state index contributed by atoms with van der Waals surface area (Å²) < 4.78 is 0. The Balaban J connectivity index is 3.05. The molecule has 5 heteroatoms.